The van der Waals surface area contributed by atoms with Crippen LogP contribution in [-0.4, -0.2) is 31.1 Å². The van der Waals surface area contributed by atoms with E-state index in [9.17, 15) is 13.5 Å². The molecule has 0 saturated carbocycles. The maximum atomic E-state index is 11.7. The van der Waals surface area contributed by atoms with Crippen molar-refractivity contribution in [1.29, 1.82) is 0 Å². The van der Waals surface area contributed by atoms with Crippen molar-refractivity contribution in [1.82, 2.24) is 0 Å². The van der Waals surface area contributed by atoms with Gasteiger partial charge in [0.25, 0.3) is 0 Å². The van der Waals surface area contributed by atoms with E-state index in [1.54, 1.807) is 13.8 Å². The molecule has 112 valence electrons. The van der Waals surface area contributed by atoms with Gasteiger partial charge in [-0.2, -0.15) is 0 Å². The molecule has 0 saturated heterocycles. The van der Waals surface area contributed by atoms with Gasteiger partial charge in [-0.25, -0.2) is 8.42 Å². The summed E-state index contributed by atoms with van der Waals surface area (Å²) in [5.74, 6) is 0.733. The smallest absolute Gasteiger partial charge is 0.155 e. The maximum Gasteiger partial charge on any atom is 0.155 e. The first kappa shape index (κ1) is 15.3. The van der Waals surface area contributed by atoms with E-state index in [0.29, 0.717) is 5.75 Å². The Morgan fingerprint density at radius 2 is 2.15 bits per heavy atom. The minimum absolute atomic E-state index is 0.0247. The molecule has 4 nitrogen and oxygen atoms in total. The van der Waals surface area contributed by atoms with Gasteiger partial charge in [-0.1, -0.05) is 12.1 Å². The molecule has 0 spiro atoms. The predicted octanol–water partition coefficient (Wildman–Crippen LogP) is 2.26. The van der Waals surface area contributed by atoms with Gasteiger partial charge >= 0.3 is 0 Å². The highest BCUT2D eigenvalue weighted by molar-refractivity contribution is 7.91. The number of aliphatic hydroxyl groups is 1. The fourth-order valence-electron chi connectivity index (χ4n) is 2.43. The zero-order valence-electron chi connectivity index (χ0n) is 12.0. The number of sulfone groups is 1. The summed E-state index contributed by atoms with van der Waals surface area (Å²) in [7, 11) is -3.07. The minimum Gasteiger partial charge on any atom is -0.492 e. The maximum absolute atomic E-state index is 11.7. The Morgan fingerprint density at radius 3 is 2.85 bits per heavy atom. The lowest BCUT2D eigenvalue weighted by molar-refractivity contribution is 0.155. The van der Waals surface area contributed by atoms with E-state index in [-0.39, 0.29) is 17.6 Å². The summed E-state index contributed by atoms with van der Waals surface area (Å²) in [6, 6.07) is 5.61. The van der Waals surface area contributed by atoms with Crippen molar-refractivity contribution in [3.63, 3.8) is 0 Å². The second-order valence-electron chi connectivity index (χ2n) is 5.50. The fourth-order valence-corrected chi connectivity index (χ4v) is 3.22. The average molecular weight is 298 g/mol. The molecule has 0 heterocycles. The third-order valence-electron chi connectivity index (χ3n) is 3.78. The van der Waals surface area contributed by atoms with Crippen LogP contribution in [0, 0.1) is 0 Å². The van der Waals surface area contributed by atoms with Crippen molar-refractivity contribution in [2.24, 2.45) is 0 Å². The van der Waals surface area contributed by atoms with Gasteiger partial charge in [0.15, 0.2) is 9.84 Å². The summed E-state index contributed by atoms with van der Waals surface area (Å²) >= 11 is 0. The Hall–Kier alpha value is -1.07. The number of benzene rings is 1. The largest absolute Gasteiger partial charge is 0.492 e. The van der Waals surface area contributed by atoms with Crippen LogP contribution in [0.5, 0.6) is 5.75 Å². The topological polar surface area (TPSA) is 63.6 Å². The van der Waals surface area contributed by atoms with E-state index in [1.807, 2.05) is 18.2 Å². The molecule has 2 rings (SSSR count). The third-order valence-corrected chi connectivity index (χ3v) is 5.95. The van der Waals surface area contributed by atoms with Crippen molar-refractivity contribution in [3.05, 3.63) is 29.3 Å². The normalized spacial score (nSPS) is 18.9. The average Bonchev–Trinajstić information content (AvgIpc) is 2.39. The van der Waals surface area contributed by atoms with E-state index < -0.39 is 15.9 Å². The monoisotopic (exact) mass is 298 g/mol. The molecular formula is C15H22O4S. The highest BCUT2D eigenvalue weighted by atomic mass is 32.2. The van der Waals surface area contributed by atoms with Crippen molar-refractivity contribution >= 4 is 9.84 Å². The second-order valence-corrected chi connectivity index (χ2v) is 8.17. The van der Waals surface area contributed by atoms with E-state index in [0.717, 1.165) is 30.4 Å². The number of hydrogen-bond acceptors (Lipinski definition) is 4. The molecule has 20 heavy (non-hydrogen) atoms. The molecule has 0 aromatic heterocycles. The fraction of sp³-hybridized carbons (Fsp3) is 0.600. The molecule has 0 bridgehead atoms. The van der Waals surface area contributed by atoms with E-state index in [2.05, 4.69) is 0 Å². The van der Waals surface area contributed by atoms with Gasteiger partial charge in [0.1, 0.15) is 12.4 Å². The molecule has 1 aliphatic rings. The molecule has 1 atom stereocenters. The molecule has 0 aliphatic heterocycles. The lowest BCUT2D eigenvalue weighted by Gasteiger charge is -2.23. The highest BCUT2D eigenvalue weighted by Crippen LogP contribution is 2.35. The molecule has 0 amide bonds. The number of rotatable bonds is 5. The van der Waals surface area contributed by atoms with Crippen molar-refractivity contribution < 1.29 is 18.3 Å². The third kappa shape index (κ3) is 3.33. The molecule has 0 fully saturated rings. The summed E-state index contributed by atoms with van der Waals surface area (Å²) < 4.78 is 29.1. The summed E-state index contributed by atoms with van der Waals surface area (Å²) in [6.45, 7) is 3.51. The van der Waals surface area contributed by atoms with Crippen LogP contribution in [0.25, 0.3) is 0 Å². The quantitative estimate of drug-likeness (QED) is 0.905. The molecule has 1 unspecified atom stereocenters. The molecule has 1 N–H and O–H groups in total. The van der Waals surface area contributed by atoms with Crippen molar-refractivity contribution in [2.75, 3.05) is 12.4 Å². The number of aliphatic hydroxyl groups excluding tert-OH is 1. The van der Waals surface area contributed by atoms with Crippen LogP contribution in [0.15, 0.2) is 18.2 Å². The van der Waals surface area contributed by atoms with Gasteiger partial charge in [0.05, 0.1) is 17.1 Å². The SMILES string of the molecule is CC(C)S(=O)(=O)CCOc1cccc2c1CCCC2O. The Morgan fingerprint density at radius 1 is 1.40 bits per heavy atom. The molecule has 0 radical (unpaired) electrons. The minimum atomic E-state index is -3.07. The van der Waals surface area contributed by atoms with Crippen molar-refractivity contribution in [2.45, 2.75) is 44.5 Å². The number of fused-ring (bicyclic) bond motifs is 1. The number of ether oxygens (including phenoxy) is 1. The first-order chi connectivity index (χ1) is 9.42. The molecule has 1 aromatic carbocycles. The zero-order chi connectivity index (χ0) is 14.8. The molecule has 1 aliphatic carbocycles. The molecule has 5 heteroatoms. The highest BCUT2D eigenvalue weighted by Gasteiger charge is 2.21. The van der Waals surface area contributed by atoms with E-state index in [1.165, 1.54) is 0 Å². The van der Waals surface area contributed by atoms with Gasteiger partial charge in [-0.3, -0.25) is 0 Å². The van der Waals surface area contributed by atoms with Gasteiger partial charge in [-0.15, -0.1) is 0 Å². The summed E-state index contributed by atoms with van der Waals surface area (Å²) in [6.07, 6.45) is 2.15. The molecule has 1 aromatic rings. The van der Waals surface area contributed by atoms with E-state index in [4.69, 9.17) is 4.74 Å². The zero-order valence-corrected chi connectivity index (χ0v) is 12.8. The summed E-state index contributed by atoms with van der Waals surface area (Å²) in [4.78, 5) is 0. The standard InChI is InChI=1S/C15H22O4S/c1-11(2)20(17,18)10-9-19-15-8-4-5-12-13(15)6-3-7-14(12)16/h4-5,8,11,14,16H,3,6-7,9-10H2,1-2H3. The van der Waals surface area contributed by atoms with Gasteiger partial charge in [-0.05, 0) is 50.3 Å². The van der Waals surface area contributed by atoms with Crippen LogP contribution in [-0.2, 0) is 16.3 Å². The lowest BCUT2D eigenvalue weighted by Crippen LogP contribution is -2.22. The predicted molar refractivity (Wildman–Crippen MR) is 78.8 cm³/mol. The van der Waals surface area contributed by atoms with Crippen LogP contribution in [0.2, 0.25) is 0 Å². The summed E-state index contributed by atoms with van der Waals surface area (Å²) in [5, 5.41) is 9.58. The van der Waals surface area contributed by atoms with Gasteiger partial charge in [0.2, 0.25) is 0 Å². The van der Waals surface area contributed by atoms with Crippen LogP contribution in [0.4, 0.5) is 0 Å². The Labute approximate surface area is 120 Å². The lowest BCUT2D eigenvalue weighted by atomic mass is 9.89. The number of hydrogen-bond donors (Lipinski definition) is 1. The summed E-state index contributed by atoms with van der Waals surface area (Å²) in [5.41, 5.74) is 1.94. The van der Waals surface area contributed by atoms with Crippen LogP contribution in [0.3, 0.4) is 0 Å². The van der Waals surface area contributed by atoms with Crippen molar-refractivity contribution in [3.8, 4) is 5.75 Å². The van der Waals surface area contributed by atoms with Gasteiger partial charge in [0, 0.05) is 0 Å². The van der Waals surface area contributed by atoms with E-state index >= 15 is 0 Å². The van der Waals surface area contributed by atoms with Gasteiger partial charge < -0.3 is 9.84 Å². The molecular weight excluding hydrogens is 276 g/mol. The van der Waals surface area contributed by atoms with Crippen LogP contribution in [0.1, 0.15) is 43.9 Å². The Balaban J connectivity index is 2.06. The van der Waals surface area contributed by atoms with Crippen LogP contribution >= 0.6 is 0 Å². The van der Waals surface area contributed by atoms with Crippen LogP contribution < -0.4 is 4.74 Å². The first-order valence-electron chi connectivity index (χ1n) is 7.06. The second kappa shape index (κ2) is 6.14. The Bertz CT molecular complexity index is 563. The Kier molecular flexibility index (Phi) is 4.70. The first-order valence-corrected chi connectivity index (χ1v) is 8.77.